The minimum absolute atomic E-state index is 0.00630. The van der Waals surface area contributed by atoms with Crippen molar-refractivity contribution in [2.45, 2.75) is 13.5 Å². The third kappa shape index (κ3) is 2.82. The van der Waals surface area contributed by atoms with Crippen LogP contribution < -0.4 is 5.32 Å². The second kappa shape index (κ2) is 4.97. The van der Waals surface area contributed by atoms with Crippen LogP contribution in [0.3, 0.4) is 0 Å². The van der Waals surface area contributed by atoms with E-state index in [2.05, 4.69) is 10.3 Å². The van der Waals surface area contributed by atoms with Crippen molar-refractivity contribution in [2.75, 3.05) is 0 Å². The largest absolute Gasteiger partial charge is 0.507 e. The number of aromatic hydroxyl groups is 1. The standard InChI is InChI=1S/C12H12N2O2S/c1-8-2-3-10(11(15)4-8)12(16)14-6-9-5-13-7-17-9/h2-5,7,15H,6H2,1H3,(H,14,16). The molecule has 2 rings (SSSR count). The van der Waals surface area contributed by atoms with Gasteiger partial charge in [-0.25, -0.2) is 0 Å². The Labute approximate surface area is 103 Å². The number of phenolic OH excluding ortho intramolecular Hbond substituents is 1. The van der Waals surface area contributed by atoms with Crippen molar-refractivity contribution in [1.82, 2.24) is 10.3 Å². The van der Waals surface area contributed by atoms with Crippen molar-refractivity contribution < 1.29 is 9.90 Å². The highest BCUT2D eigenvalue weighted by atomic mass is 32.1. The van der Waals surface area contributed by atoms with Crippen LogP contribution in [0.25, 0.3) is 0 Å². The third-order valence-electron chi connectivity index (χ3n) is 2.30. The molecule has 1 amide bonds. The zero-order chi connectivity index (χ0) is 12.3. The van der Waals surface area contributed by atoms with Gasteiger partial charge in [0.1, 0.15) is 5.75 Å². The monoisotopic (exact) mass is 248 g/mol. The van der Waals surface area contributed by atoms with E-state index >= 15 is 0 Å². The van der Waals surface area contributed by atoms with E-state index < -0.39 is 0 Å². The number of carbonyl (C=O) groups is 1. The van der Waals surface area contributed by atoms with Crippen LogP contribution in [-0.4, -0.2) is 16.0 Å². The van der Waals surface area contributed by atoms with Crippen molar-refractivity contribution in [3.8, 4) is 5.75 Å². The molecule has 1 heterocycles. The Balaban J connectivity index is 2.04. The van der Waals surface area contributed by atoms with E-state index in [0.29, 0.717) is 12.1 Å². The summed E-state index contributed by atoms with van der Waals surface area (Å²) in [5.74, 6) is -0.275. The van der Waals surface area contributed by atoms with Crippen molar-refractivity contribution >= 4 is 17.2 Å². The van der Waals surface area contributed by atoms with E-state index in [1.54, 1.807) is 29.9 Å². The van der Waals surface area contributed by atoms with Gasteiger partial charge < -0.3 is 10.4 Å². The van der Waals surface area contributed by atoms with Gasteiger partial charge in [-0.15, -0.1) is 11.3 Å². The summed E-state index contributed by atoms with van der Waals surface area (Å²) in [6.07, 6.45) is 1.71. The van der Waals surface area contributed by atoms with Gasteiger partial charge in [-0.3, -0.25) is 9.78 Å². The highest BCUT2D eigenvalue weighted by Gasteiger charge is 2.10. The van der Waals surface area contributed by atoms with E-state index in [0.717, 1.165) is 10.4 Å². The summed E-state index contributed by atoms with van der Waals surface area (Å²) in [4.78, 5) is 16.7. The Hall–Kier alpha value is -1.88. The van der Waals surface area contributed by atoms with E-state index in [1.165, 1.54) is 11.3 Å². The number of phenols is 1. The van der Waals surface area contributed by atoms with Gasteiger partial charge in [0.15, 0.2) is 0 Å². The molecule has 88 valence electrons. The van der Waals surface area contributed by atoms with Crippen LogP contribution in [0.2, 0.25) is 0 Å². The number of nitrogens with one attached hydrogen (secondary N) is 1. The maximum absolute atomic E-state index is 11.8. The Kier molecular flexibility index (Phi) is 3.39. The lowest BCUT2D eigenvalue weighted by Crippen LogP contribution is -2.22. The van der Waals surface area contributed by atoms with Crippen molar-refractivity contribution in [2.24, 2.45) is 0 Å². The summed E-state index contributed by atoms with van der Waals surface area (Å²) in [5.41, 5.74) is 2.92. The molecule has 4 nitrogen and oxygen atoms in total. The molecule has 0 saturated heterocycles. The molecule has 0 spiro atoms. The van der Waals surface area contributed by atoms with Gasteiger partial charge in [0.2, 0.25) is 0 Å². The van der Waals surface area contributed by atoms with Crippen LogP contribution in [0, 0.1) is 6.92 Å². The van der Waals surface area contributed by atoms with Crippen LogP contribution in [0.15, 0.2) is 29.9 Å². The SMILES string of the molecule is Cc1ccc(C(=O)NCc2cncs2)c(O)c1. The highest BCUT2D eigenvalue weighted by molar-refractivity contribution is 7.09. The quantitative estimate of drug-likeness (QED) is 0.874. The molecule has 0 saturated carbocycles. The Morgan fingerprint density at radius 3 is 3.00 bits per heavy atom. The number of benzene rings is 1. The van der Waals surface area contributed by atoms with Gasteiger partial charge in [0.25, 0.3) is 5.91 Å². The zero-order valence-electron chi connectivity index (χ0n) is 9.30. The molecule has 0 radical (unpaired) electrons. The van der Waals surface area contributed by atoms with Crippen molar-refractivity contribution in [3.05, 3.63) is 45.9 Å². The molecule has 0 aliphatic heterocycles. The second-order valence-corrected chi connectivity index (χ2v) is 4.64. The minimum atomic E-state index is -0.282. The fraction of sp³-hybridized carbons (Fsp3) is 0.167. The van der Waals surface area contributed by atoms with Crippen LogP contribution in [-0.2, 0) is 6.54 Å². The maximum Gasteiger partial charge on any atom is 0.255 e. The predicted molar refractivity (Wildman–Crippen MR) is 66.1 cm³/mol. The number of rotatable bonds is 3. The smallest absolute Gasteiger partial charge is 0.255 e. The molecule has 17 heavy (non-hydrogen) atoms. The Bertz CT molecular complexity index is 523. The lowest BCUT2D eigenvalue weighted by Gasteiger charge is -2.06. The predicted octanol–water partition coefficient (Wildman–Crippen LogP) is 2.09. The summed E-state index contributed by atoms with van der Waals surface area (Å²) in [7, 11) is 0. The first-order valence-corrected chi connectivity index (χ1v) is 6.00. The summed E-state index contributed by atoms with van der Waals surface area (Å²) in [5, 5.41) is 12.4. The fourth-order valence-electron chi connectivity index (χ4n) is 1.43. The van der Waals surface area contributed by atoms with Gasteiger partial charge in [0.05, 0.1) is 17.6 Å². The van der Waals surface area contributed by atoms with E-state index in [9.17, 15) is 9.90 Å². The number of amides is 1. The summed E-state index contributed by atoms with van der Waals surface area (Å²) in [6, 6.07) is 4.98. The average Bonchev–Trinajstić information content (AvgIpc) is 2.78. The van der Waals surface area contributed by atoms with Gasteiger partial charge in [-0.1, -0.05) is 6.07 Å². The normalized spacial score (nSPS) is 10.2. The highest BCUT2D eigenvalue weighted by Crippen LogP contribution is 2.18. The van der Waals surface area contributed by atoms with Crippen LogP contribution >= 0.6 is 11.3 Å². The molecule has 0 aliphatic rings. The number of carbonyl (C=O) groups excluding carboxylic acids is 1. The van der Waals surface area contributed by atoms with Crippen molar-refractivity contribution in [1.29, 1.82) is 0 Å². The zero-order valence-corrected chi connectivity index (χ0v) is 10.1. The number of nitrogens with zero attached hydrogens (tertiary/aromatic N) is 1. The van der Waals surface area contributed by atoms with Crippen LogP contribution in [0.4, 0.5) is 0 Å². The molecular weight excluding hydrogens is 236 g/mol. The van der Waals surface area contributed by atoms with Gasteiger partial charge >= 0.3 is 0 Å². The summed E-state index contributed by atoms with van der Waals surface area (Å²) >= 11 is 1.48. The maximum atomic E-state index is 11.8. The van der Waals surface area contributed by atoms with E-state index in [4.69, 9.17) is 0 Å². The first-order valence-electron chi connectivity index (χ1n) is 5.12. The van der Waals surface area contributed by atoms with Crippen molar-refractivity contribution in [3.63, 3.8) is 0 Å². The number of hydrogen-bond donors (Lipinski definition) is 2. The molecule has 2 N–H and O–H groups in total. The molecule has 1 aromatic carbocycles. The number of thiazole rings is 1. The molecule has 2 aromatic rings. The Morgan fingerprint density at radius 1 is 1.53 bits per heavy atom. The lowest BCUT2D eigenvalue weighted by molar-refractivity contribution is 0.0948. The molecular formula is C12H12N2O2S. The first-order chi connectivity index (χ1) is 8.16. The molecule has 0 unspecified atom stereocenters. The summed E-state index contributed by atoms with van der Waals surface area (Å²) < 4.78 is 0. The van der Waals surface area contributed by atoms with Gasteiger partial charge in [-0.2, -0.15) is 0 Å². The molecule has 0 atom stereocenters. The molecule has 0 fully saturated rings. The van der Waals surface area contributed by atoms with Gasteiger partial charge in [-0.05, 0) is 24.6 Å². The van der Waals surface area contributed by atoms with Crippen LogP contribution in [0.5, 0.6) is 5.75 Å². The first kappa shape index (κ1) is 11.6. The van der Waals surface area contributed by atoms with Gasteiger partial charge in [0, 0.05) is 11.1 Å². The van der Waals surface area contributed by atoms with E-state index in [1.807, 2.05) is 6.92 Å². The number of hydrogen-bond acceptors (Lipinski definition) is 4. The number of aromatic nitrogens is 1. The second-order valence-electron chi connectivity index (χ2n) is 3.67. The fourth-order valence-corrected chi connectivity index (χ4v) is 1.96. The molecule has 1 aromatic heterocycles. The molecule has 5 heteroatoms. The Morgan fingerprint density at radius 2 is 2.35 bits per heavy atom. The minimum Gasteiger partial charge on any atom is -0.507 e. The molecule has 0 bridgehead atoms. The molecule has 0 aliphatic carbocycles. The topological polar surface area (TPSA) is 62.2 Å². The van der Waals surface area contributed by atoms with Crippen LogP contribution in [0.1, 0.15) is 20.8 Å². The van der Waals surface area contributed by atoms with E-state index in [-0.39, 0.29) is 11.7 Å². The third-order valence-corrected chi connectivity index (χ3v) is 3.08. The lowest BCUT2D eigenvalue weighted by atomic mass is 10.1. The summed E-state index contributed by atoms with van der Waals surface area (Å²) in [6.45, 7) is 2.29. The number of aryl methyl sites for hydroxylation is 1. The average molecular weight is 248 g/mol.